The Kier molecular flexibility index (Phi) is 5.70. The fourth-order valence-electron chi connectivity index (χ4n) is 2.99. The van der Waals surface area contributed by atoms with Crippen LogP contribution < -0.4 is 40.0 Å². The molecule has 6 heteroatoms. The summed E-state index contributed by atoms with van der Waals surface area (Å²) in [5.41, 5.74) is 5.97. The normalized spacial score (nSPS) is 14.2. The molecule has 0 radical (unpaired) electrons. The average molecular weight is 332 g/mol. The van der Waals surface area contributed by atoms with E-state index in [0.29, 0.717) is 12.0 Å². The molecule has 0 spiro atoms. The molecule has 0 saturated heterocycles. The van der Waals surface area contributed by atoms with E-state index in [4.69, 9.17) is 0 Å². The molecule has 0 aliphatic carbocycles. The molecule has 0 saturated carbocycles. The smallest absolute Gasteiger partial charge is 0.550 e. The molecule has 0 fully saturated rings. The number of nitrogens with one attached hydrogen (secondary N) is 2. The second kappa shape index (κ2) is 7.38. The number of carbonyl (C=O) groups is 2. The summed E-state index contributed by atoms with van der Waals surface area (Å²) in [5.74, 6) is -1.19. The molecule has 1 amide bonds. The van der Waals surface area contributed by atoms with Gasteiger partial charge >= 0.3 is 29.6 Å². The van der Waals surface area contributed by atoms with E-state index < -0.39 is 5.97 Å². The van der Waals surface area contributed by atoms with E-state index in [9.17, 15) is 14.7 Å². The van der Waals surface area contributed by atoms with Crippen LogP contribution in [0.3, 0.4) is 0 Å². The summed E-state index contributed by atoms with van der Waals surface area (Å²) in [5, 5.41) is 13.5. The zero-order chi connectivity index (χ0) is 16.6. The third-order valence-electron chi connectivity index (χ3n) is 4.21. The first kappa shape index (κ1) is 18.5. The van der Waals surface area contributed by atoms with Crippen molar-refractivity contribution in [2.45, 2.75) is 26.7 Å². The number of anilines is 1. The molecule has 1 aliphatic heterocycles. The van der Waals surface area contributed by atoms with Crippen molar-refractivity contribution in [2.24, 2.45) is 0 Å². The number of para-hydroxylation sites is 1. The quantitative estimate of drug-likeness (QED) is 0.545. The summed E-state index contributed by atoms with van der Waals surface area (Å²) in [7, 11) is 0. The van der Waals surface area contributed by atoms with Gasteiger partial charge < -0.3 is 20.2 Å². The van der Waals surface area contributed by atoms with Crippen LogP contribution in [0.5, 0.6) is 0 Å². The van der Waals surface area contributed by atoms with Gasteiger partial charge in [-0.3, -0.25) is 4.79 Å². The van der Waals surface area contributed by atoms with Gasteiger partial charge in [-0.15, -0.1) is 0 Å². The molecule has 1 aliphatic rings. The fourth-order valence-corrected chi connectivity index (χ4v) is 2.99. The molecule has 118 valence electrons. The summed E-state index contributed by atoms with van der Waals surface area (Å²) >= 11 is 0. The van der Waals surface area contributed by atoms with Gasteiger partial charge in [0.05, 0.1) is 5.57 Å². The van der Waals surface area contributed by atoms with Crippen molar-refractivity contribution in [2.75, 3.05) is 5.32 Å². The van der Waals surface area contributed by atoms with Crippen molar-refractivity contribution in [1.29, 1.82) is 0 Å². The molecule has 1 aromatic carbocycles. The predicted molar refractivity (Wildman–Crippen MR) is 86.5 cm³/mol. The van der Waals surface area contributed by atoms with E-state index in [1.54, 1.807) is 0 Å². The second-order valence-electron chi connectivity index (χ2n) is 5.70. The number of amides is 1. The number of carbonyl (C=O) groups excluding carboxylic acids is 2. The minimum absolute atomic E-state index is 0. The molecule has 2 aromatic rings. The first-order chi connectivity index (χ1) is 11.0. The number of aromatic amines is 1. The summed E-state index contributed by atoms with van der Waals surface area (Å²) in [4.78, 5) is 26.1. The third-order valence-corrected chi connectivity index (χ3v) is 4.21. The van der Waals surface area contributed by atoms with E-state index >= 15 is 0 Å². The van der Waals surface area contributed by atoms with Crippen molar-refractivity contribution >= 4 is 29.2 Å². The SMILES string of the molecule is Cc1[nH]c(C=C2C(=O)Nc3ccccc32)c(C)c1CCC(=O)[O-].[Na+]. The second-order valence-corrected chi connectivity index (χ2v) is 5.70. The number of carboxylic acids is 1. The molecule has 1 aromatic heterocycles. The van der Waals surface area contributed by atoms with Crippen LogP contribution in [0.2, 0.25) is 0 Å². The first-order valence-corrected chi connectivity index (χ1v) is 7.47. The Morgan fingerprint density at radius 1 is 1.25 bits per heavy atom. The maximum Gasteiger partial charge on any atom is 1.00 e. The number of hydrogen-bond acceptors (Lipinski definition) is 3. The monoisotopic (exact) mass is 332 g/mol. The Morgan fingerprint density at radius 3 is 2.67 bits per heavy atom. The number of H-pyrrole nitrogens is 1. The maximum absolute atomic E-state index is 12.2. The van der Waals surface area contributed by atoms with Crippen LogP contribution in [-0.4, -0.2) is 16.9 Å². The molecule has 2 N–H and O–H groups in total. The van der Waals surface area contributed by atoms with Gasteiger partial charge in [-0.1, -0.05) is 18.2 Å². The van der Waals surface area contributed by atoms with Crippen molar-refractivity contribution in [1.82, 2.24) is 4.98 Å². The van der Waals surface area contributed by atoms with Crippen molar-refractivity contribution in [3.63, 3.8) is 0 Å². The van der Waals surface area contributed by atoms with Crippen LogP contribution in [0.1, 0.15) is 34.5 Å². The number of fused-ring (bicyclic) bond motifs is 1. The topological polar surface area (TPSA) is 85.0 Å². The number of aromatic nitrogens is 1. The summed E-state index contributed by atoms with van der Waals surface area (Å²) in [6.07, 6.45) is 2.23. The van der Waals surface area contributed by atoms with Gasteiger partial charge in [0, 0.05) is 28.6 Å². The van der Waals surface area contributed by atoms with Crippen LogP contribution >= 0.6 is 0 Å². The van der Waals surface area contributed by atoms with Gasteiger partial charge in [0.15, 0.2) is 0 Å². The Bertz CT molecular complexity index is 837. The van der Waals surface area contributed by atoms with Crippen molar-refractivity contribution < 1.29 is 44.3 Å². The number of benzene rings is 1. The van der Waals surface area contributed by atoms with Gasteiger partial charge in [0.2, 0.25) is 0 Å². The minimum Gasteiger partial charge on any atom is -0.550 e. The fraction of sp³-hybridized carbons (Fsp3) is 0.222. The Morgan fingerprint density at radius 2 is 1.96 bits per heavy atom. The Balaban J connectivity index is 0.00000208. The van der Waals surface area contributed by atoms with Crippen LogP contribution in [0, 0.1) is 13.8 Å². The van der Waals surface area contributed by atoms with Gasteiger partial charge in [0.1, 0.15) is 0 Å². The first-order valence-electron chi connectivity index (χ1n) is 7.47. The zero-order valence-corrected chi connectivity index (χ0v) is 16.0. The number of hydrogen-bond donors (Lipinski definition) is 2. The van der Waals surface area contributed by atoms with Crippen molar-refractivity contribution in [3.05, 3.63) is 52.3 Å². The van der Waals surface area contributed by atoms with Crippen LogP contribution in [0.15, 0.2) is 24.3 Å². The summed E-state index contributed by atoms with van der Waals surface area (Å²) < 4.78 is 0. The van der Waals surface area contributed by atoms with Gasteiger partial charge in [-0.05, 0) is 50.0 Å². The van der Waals surface area contributed by atoms with Gasteiger partial charge in [-0.2, -0.15) is 0 Å². The Hall–Kier alpha value is -1.82. The molecular formula is C18H17N2NaO3. The molecule has 5 nitrogen and oxygen atoms in total. The molecule has 2 heterocycles. The number of aliphatic carboxylic acids is 1. The minimum atomic E-state index is -1.06. The van der Waals surface area contributed by atoms with Crippen LogP contribution in [-0.2, 0) is 16.0 Å². The molecular weight excluding hydrogens is 315 g/mol. The number of aryl methyl sites for hydroxylation is 1. The van der Waals surface area contributed by atoms with Crippen LogP contribution in [0.4, 0.5) is 5.69 Å². The average Bonchev–Trinajstić information content (AvgIpc) is 2.95. The summed E-state index contributed by atoms with van der Waals surface area (Å²) in [6, 6.07) is 7.54. The standard InChI is InChI=1S/C18H18N2O3.Na/c1-10-12(7-8-17(21)22)11(2)19-16(10)9-14-13-5-3-4-6-15(13)20-18(14)23;/h3-6,9,19H,7-8H2,1-2H3,(H,20,23)(H,21,22);/q;+1/p-1. The van der Waals surface area contributed by atoms with Crippen molar-refractivity contribution in [3.8, 4) is 0 Å². The Labute approximate surface area is 162 Å². The molecule has 0 unspecified atom stereocenters. The van der Waals surface area contributed by atoms with Crippen LogP contribution in [0.25, 0.3) is 11.6 Å². The van der Waals surface area contributed by atoms with E-state index in [1.165, 1.54) is 0 Å². The maximum atomic E-state index is 12.2. The van der Waals surface area contributed by atoms with E-state index in [2.05, 4.69) is 10.3 Å². The van der Waals surface area contributed by atoms with E-state index in [1.807, 2.05) is 44.2 Å². The summed E-state index contributed by atoms with van der Waals surface area (Å²) in [6.45, 7) is 3.83. The molecule has 3 rings (SSSR count). The van der Waals surface area contributed by atoms with E-state index in [-0.39, 0.29) is 41.9 Å². The predicted octanol–water partition coefficient (Wildman–Crippen LogP) is -1.19. The zero-order valence-electron chi connectivity index (χ0n) is 14.0. The number of rotatable bonds is 4. The molecule has 0 atom stereocenters. The third kappa shape index (κ3) is 3.48. The van der Waals surface area contributed by atoms with E-state index in [0.717, 1.165) is 33.8 Å². The van der Waals surface area contributed by atoms with Gasteiger partial charge in [0.25, 0.3) is 5.91 Å². The number of carboxylic acid groups (broad SMARTS) is 1. The molecule has 0 bridgehead atoms. The van der Waals surface area contributed by atoms with Gasteiger partial charge in [-0.25, -0.2) is 0 Å². The molecule has 24 heavy (non-hydrogen) atoms. The largest absolute Gasteiger partial charge is 1.00 e.